The number of para-hydroxylation sites is 1. The van der Waals surface area contributed by atoms with Gasteiger partial charge in [-0.1, -0.05) is 18.2 Å². The Kier molecular flexibility index (Phi) is 8.36. The molecule has 0 saturated carbocycles. The smallest absolute Gasteiger partial charge is 0.240 e. The molecule has 0 fully saturated rings. The van der Waals surface area contributed by atoms with Crippen LogP contribution in [0, 0.1) is 0 Å². The van der Waals surface area contributed by atoms with E-state index in [9.17, 15) is 9.59 Å². The maximum Gasteiger partial charge on any atom is 0.240 e. The van der Waals surface area contributed by atoms with Crippen LogP contribution in [0.25, 0.3) is 0 Å². The summed E-state index contributed by atoms with van der Waals surface area (Å²) in [6.07, 6.45) is 2.07. The van der Waals surface area contributed by atoms with E-state index in [1.54, 1.807) is 4.90 Å². The van der Waals surface area contributed by atoms with E-state index in [0.29, 0.717) is 43.5 Å². The predicted molar refractivity (Wildman–Crippen MR) is 124 cm³/mol. The first kappa shape index (κ1) is 23.4. The van der Waals surface area contributed by atoms with Crippen molar-refractivity contribution < 1.29 is 23.8 Å². The van der Waals surface area contributed by atoms with Crippen LogP contribution in [0.3, 0.4) is 0 Å². The molecule has 0 bridgehead atoms. The third-order valence-electron chi connectivity index (χ3n) is 5.18. The van der Waals surface area contributed by atoms with E-state index in [-0.39, 0.29) is 24.9 Å². The van der Waals surface area contributed by atoms with E-state index in [0.717, 1.165) is 29.7 Å². The van der Waals surface area contributed by atoms with Gasteiger partial charge in [-0.2, -0.15) is 0 Å². The first-order valence-electron chi connectivity index (χ1n) is 11.3. The van der Waals surface area contributed by atoms with E-state index in [2.05, 4.69) is 5.32 Å². The fourth-order valence-electron chi connectivity index (χ4n) is 3.80. The van der Waals surface area contributed by atoms with Crippen molar-refractivity contribution in [2.45, 2.75) is 46.6 Å². The van der Waals surface area contributed by atoms with Gasteiger partial charge >= 0.3 is 0 Å². The molecule has 3 rings (SSSR count). The van der Waals surface area contributed by atoms with E-state index in [4.69, 9.17) is 14.2 Å². The first-order valence-corrected chi connectivity index (χ1v) is 11.3. The molecule has 2 amide bonds. The third-order valence-corrected chi connectivity index (χ3v) is 5.18. The molecule has 0 aliphatic carbocycles. The molecule has 0 aromatic heterocycles. The summed E-state index contributed by atoms with van der Waals surface area (Å²) < 4.78 is 17.2. The lowest BCUT2D eigenvalue weighted by atomic mass is 10.1. The van der Waals surface area contributed by atoms with Crippen LogP contribution < -0.4 is 24.4 Å². The monoisotopic (exact) mass is 440 g/mol. The maximum absolute atomic E-state index is 12.8. The Labute approximate surface area is 189 Å². The van der Waals surface area contributed by atoms with Crippen LogP contribution in [0.15, 0.2) is 36.4 Å². The number of nitrogens with one attached hydrogen (secondary N) is 1. The first-order chi connectivity index (χ1) is 15.6. The van der Waals surface area contributed by atoms with Gasteiger partial charge in [-0.15, -0.1) is 0 Å². The summed E-state index contributed by atoms with van der Waals surface area (Å²) in [4.78, 5) is 27.0. The van der Waals surface area contributed by atoms with Crippen molar-refractivity contribution in [3.63, 3.8) is 0 Å². The summed E-state index contributed by atoms with van der Waals surface area (Å²) in [7, 11) is 0. The number of hydrogen-bond acceptors (Lipinski definition) is 5. The zero-order valence-electron chi connectivity index (χ0n) is 19.1. The van der Waals surface area contributed by atoms with Crippen LogP contribution in [-0.4, -0.2) is 38.2 Å². The minimum Gasteiger partial charge on any atom is -0.490 e. The predicted octanol–water partition coefficient (Wildman–Crippen LogP) is 3.87. The Morgan fingerprint density at radius 1 is 0.969 bits per heavy atom. The lowest BCUT2D eigenvalue weighted by molar-refractivity contribution is -0.123. The Morgan fingerprint density at radius 3 is 2.28 bits per heavy atom. The van der Waals surface area contributed by atoms with Crippen molar-refractivity contribution in [2.24, 2.45) is 0 Å². The summed E-state index contributed by atoms with van der Waals surface area (Å²) in [5, 5.41) is 2.92. The molecule has 0 atom stereocenters. The van der Waals surface area contributed by atoms with Gasteiger partial charge < -0.3 is 24.4 Å². The van der Waals surface area contributed by atoms with Gasteiger partial charge in [-0.25, -0.2) is 0 Å². The lowest BCUT2D eigenvalue weighted by Gasteiger charge is -2.22. The van der Waals surface area contributed by atoms with Crippen LogP contribution in [0.2, 0.25) is 0 Å². The number of ether oxygens (including phenoxy) is 3. The van der Waals surface area contributed by atoms with Gasteiger partial charge in [0.2, 0.25) is 17.6 Å². The van der Waals surface area contributed by atoms with Gasteiger partial charge in [0.05, 0.1) is 19.8 Å². The number of amides is 2. The molecule has 0 saturated heterocycles. The molecule has 1 aliphatic rings. The van der Waals surface area contributed by atoms with Gasteiger partial charge in [0.25, 0.3) is 0 Å². The van der Waals surface area contributed by atoms with Gasteiger partial charge in [-0.3, -0.25) is 9.59 Å². The quantitative estimate of drug-likeness (QED) is 0.607. The number of aryl methyl sites for hydroxylation is 1. The molecule has 7 nitrogen and oxygen atoms in total. The Morgan fingerprint density at radius 2 is 1.62 bits per heavy atom. The highest BCUT2D eigenvalue weighted by molar-refractivity contribution is 5.99. The van der Waals surface area contributed by atoms with Crippen molar-refractivity contribution in [2.75, 3.05) is 31.3 Å². The van der Waals surface area contributed by atoms with E-state index >= 15 is 0 Å². The zero-order valence-corrected chi connectivity index (χ0v) is 19.1. The number of hydrogen-bond donors (Lipinski definition) is 1. The Hall–Kier alpha value is -3.22. The number of carbonyl (C=O) groups excluding carboxylic acids is 2. The average molecular weight is 441 g/mol. The molecule has 2 aromatic rings. The molecular weight excluding hydrogens is 408 g/mol. The largest absolute Gasteiger partial charge is 0.490 e. The minimum absolute atomic E-state index is 0.0104. The number of nitrogens with zero attached hydrogens (tertiary/aromatic N) is 1. The summed E-state index contributed by atoms with van der Waals surface area (Å²) in [5.41, 5.74) is 2.75. The van der Waals surface area contributed by atoms with E-state index < -0.39 is 0 Å². The minimum atomic E-state index is -0.222. The van der Waals surface area contributed by atoms with Crippen LogP contribution >= 0.6 is 0 Å². The molecular formula is C25H32N2O5. The number of fused-ring (bicyclic) bond motifs is 1. The number of carbonyl (C=O) groups is 2. The molecule has 1 aliphatic heterocycles. The normalized spacial score (nSPS) is 13.2. The van der Waals surface area contributed by atoms with Crippen LogP contribution in [0.5, 0.6) is 17.2 Å². The topological polar surface area (TPSA) is 77.1 Å². The SMILES string of the molecule is CCOc1cc(CNC(=O)CN2C(=O)CCCc3ccccc32)cc(OCC)c1OCC. The molecule has 172 valence electrons. The van der Waals surface area contributed by atoms with Crippen LogP contribution in [0.4, 0.5) is 5.69 Å². The molecule has 1 heterocycles. The van der Waals surface area contributed by atoms with Gasteiger partial charge in [-0.05, 0) is 62.9 Å². The van der Waals surface area contributed by atoms with Crippen molar-refractivity contribution in [3.8, 4) is 17.2 Å². The third kappa shape index (κ3) is 5.72. The average Bonchev–Trinajstić information content (AvgIpc) is 2.94. The van der Waals surface area contributed by atoms with Crippen molar-refractivity contribution in [1.82, 2.24) is 5.32 Å². The molecule has 0 radical (unpaired) electrons. The lowest BCUT2D eigenvalue weighted by Crippen LogP contribution is -2.40. The van der Waals surface area contributed by atoms with Gasteiger partial charge in [0.1, 0.15) is 6.54 Å². The van der Waals surface area contributed by atoms with E-state index in [1.807, 2.05) is 57.2 Å². The molecule has 0 unspecified atom stereocenters. The fourth-order valence-corrected chi connectivity index (χ4v) is 3.80. The standard InChI is InChI=1S/C25H32N2O5/c1-4-30-21-14-18(15-22(31-5-2)25(21)32-6-3)16-26-23(28)17-27-20-12-8-7-10-19(20)11-9-13-24(27)29/h7-8,10,12,14-15H,4-6,9,11,13,16-17H2,1-3H3,(H,26,28). The van der Waals surface area contributed by atoms with Gasteiger partial charge in [0.15, 0.2) is 11.5 Å². The maximum atomic E-state index is 12.8. The van der Waals surface area contributed by atoms with Gasteiger partial charge in [0, 0.05) is 18.7 Å². The number of anilines is 1. The second kappa shape index (κ2) is 11.4. The molecule has 32 heavy (non-hydrogen) atoms. The van der Waals surface area contributed by atoms with Crippen LogP contribution in [-0.2, 0) is 22.6 Å². The second-order valence-electron chi connectivity index (χ2n) is 7.46. The summed E-state index contributed by atoms with van der Waals surface area (Å²) in [6.45, 7) is 7.44. The zero-order chi connectivity index (χ0) is 22.9. The second-order valence-corrected chi connectivity index (χ2v) is 7.46. The Bertz CT molecular complexity index is 917. The summed E-state index contributed by atoms with van der Waals surface area (Å²) in [6, 6.07) is 11.5. The molecule has 1 N–H and O–H groups in total. The summed E-state index contributed by atoms with van der Waals surface area (Å²) in [5.74, 6) is 1.49. The molecule has 2 aromatic carbocycles. The Balaban J connectivity index is 1.73. The number of benzene rings is 2. The highest BCUT2D eigenvalue weighted by atomic mass is 16.5. The van der Waals surface area contributed by atoms with E-state index in [1.165, 1.54) is 0 Å². The highest BCUT2D eigenvalue weighted by Gasteiger charge is 2.24. The van der Waals surface area contributed by atoms with Crippen molar-refractivity contribution in [1.29, 1.82) is 0 Å². The highest BCUT2D eigenvalue weighted by Crippen LogP contribution is 2.39. The van der Waals surface area contributed by atoms with Crippen molar-refractivity contribution in [3.05, 3.63) is 47.5 Å². The number of rotatable bonds is 10. The molecule has 0 spiro atoms. The molecule has 7 heteroatoms. The van der Waals surface area contributed by atoms with Crippen LogP contribution in [0.1, 0.15) is 44.7 Å². The van der Waals surface area contributed by atoms with Crippen molar-refractivity contribution >= 4 is 17.5 Å². The fraction of sp³-hybridized carbons (Fsp3) is 0.440. The summed E-state index contributed by atoms with van der Waals surface area (Å²) >= 11 is 0.